The maximum absolute atomic E-state index is 3.46. The van der Waals surface area contributed by atoms with Gasteiger partial charge in [0.15, 0.2) is 0 Å². The number of hydrogen-bond donors (Lipinski definition) is 1. The first-order valence-electron chi connectivity index (χ1n) is 7.22. The smallest absolute Gasteiger partial charge is 0.00643 e. The molecular weight excluding hydrogens is 218 g/mol. The third-order valence-corrected chi connectivity index (χ3v) is 3.51. The zero-order chi connectivity index (χ0) is 13.4. The van der Waals surface area contributed by atoms with Gasteiger partial charge >= 0.3 is 0 Å². The molecule has 1 atom stereocenters. The highest BCUT2D eigenvalue weighted by Crippen LogP contribution is 2.22. The molecular formula is C17H29N. The SMILES string of the molecule is CNC(CCCc1ccccc1)CCC(C)(C)C. The van der Waals surface area contributed by atoms with Crippen LogP contribution in [0.25, 0.3) is 0 Å². The van der Waals surface area contributed by atoms with Gasteiger partial charge in [0.2, 0.25) is 0 Å². The Bertz CT molecular complexity index is 310. The Balaban J connectivity index is 2.23. The molecule has 0 amide bonds. The molecule has 1 aromatic carbocycles. The fourth-order valence-corrected chi connectivity index (χ4v) is 2.24. The molecule has 1 nitrogen and oxygen atoms in total. The van der Waals surface area contributed by atoms with Crippen molar-refractivity contribution in [1.29, 1.82) is 0 Å². The molecule has 1 N–H and O–H groups in total. The summed E-state index contributed by atoms with van der Waals surface area (Å²) in [6.07, 6.45) is 6.34. The first-order valence-corrected chi connectivity index (χ1v) is 7.22. The van der Waals surface area contributed by atoms with Crippen LogP contribution in [0, 0.1) is 5.41 Å². The number of hydrogen-bond acceptors (Lipinski definition) is 1. The quantitative estimate of drug-likeness (QED) is 0.752. The van der Waals surface area contributed by atoms with Gasteiger partial charge in [0.25, 0.3) is 0 Å². The van der Waals surface area contributed by atoms with Crippen LogP contribution in [0.1, 0.15) is 52.0 Å². The molecule has 0 spiro atoms. The lowest BCUT2D eigenvalue weighted by Crippen LogP contribution is -2.26. The molecule has 0 aliphatic heterocycles. The van der Waals surface area contributed by atoms with Crippen LogP contribution >= 0.6 is 0 Å². The molecule has 0 bridgehead atoms. The molecule has 0 heterocycles. The van der Waals surface area contributed by atoms with E-state index in [1.165, 1.54) is 37.7 Å². The van der Waals surface area contributed by atoms with Crippen molar-refractivity contribution < 1.29 is 0 Å². The fraction of sp³-hybridized carbons (Fsp3) is 0.647. The monoisotopic (exact) mass is 247 g/mol. The van der Waals surface area contributed by atoms with Crippen LogP contribution in [-0.4, -0.2) is 13.1 Å². The van der Waals surface area contributed by atoms with E-state index in [0.717, 1.165) is 0 Å². The topological polar surface area (TPSA) is 12.0 Å². The van der Waals surface area contributed by atoms with Crippen molar-refractivity contribution in [2.24, 2.45) is 5.41 Å². The normalized spacial score (nSPS) is 13.6. The predicted molar refractivity (Wildman–Crippen MR) is 80.9 cm³/mol. The maximum Gasteiger partial charge on any atom is 0.00643 e. The zero-order valence-corrected chi connectivity index (χ0v) is 12.5. The predicted octanol–water partition coefficient (Wildman–Crippen LogP) is 4.42. The summed E-state index contributed by atoms with van der Waals surface area (Å²) >= 11 is 0. The number of benzene rings is 1. The third kappa shape index (κ3) is 6.80. The number of rotatable bonds is 7. The second-order valence-electron chi connectivity index (χ2n) is 6.46. The lowest BCUT2D eigenvalue weighted by Gasteiger charge is -2.23. The Hall–Kier alpha value is -0.820. The van der Waals surface area contributed by atoms with E-state index >= 15 is 0 Å². The van der Waals surface area contributed by atoms with Crippen LogP contribution in [0.5, 0.6) is 0 Å². The van der Waals surface area contributed by atoms with E-state index < -0.39 is 0 Å². The summed E-state index contributed by atoms with van der Waals surface area (Å²) in [6.45, 7) is 6.97. The van der Waals surface area contributed by atoms with Crippen LogP contribution in [0.3, 0.4) is 0 Å². The van der Waals surface area contributed by atoms with Gasteiger partial charge in [-0.3, -0.25) is 0 Å². The average Bonchev–Trinajstić information content (AvgIpc) is 2.33. The van der Waals surface area contributed by atoms with Crippen LogP contribution in [-0.2, 0) is 6.42 Å². The summed E-state index contributed by atoms with van der Waals surface area (Å²) in [4.78, 5) is 0. The van der Waals surface area contributed by atoms with Gasteiger partial charge in [0.05, 0.1) is 0 Å². The van der Waals surface area contributed by atoms with Crippen molar-refractivity contribution in [3.05, 3.63) is 35.9 Å². The summed E-state index contributed by atoms with van der Waals surface area (Å²) in [7, 11) is 2.09. The van der Waals surface area contributed by atoms with E-state index in [9.17, 15) is 0 Å². The third-order valence-electron chi connectivity index (χ3n) is 3.51. The standard InChI is InChI=1S/C17H29N/c1-17(2,3)14-13-16(18-4)12-8-11-15-9-6-5-7-10-15/h5-7,9-10,16,18H,8,11-14H2,1-4H3. The van der Waals surface area contributed by atoms with Gasteiger partial charge in [-0.15, -0.1) is 0 Å². The summed E-state index contributed by atoms with van der Waals surface area (Å²) in [5.74, 6) is 0. The Morgan fingerprint density at radius 2 is 1.72 bits per heavy atom. The van der Waals surface area contributed by atoms with Gasteiger partial charge in [0.1, 0.15) is 0 Å². The highest BCUT2D eigenvalue weighted by atomic mass is 14.9. The van der Waals surface area contributed by atoms with E-state index in [1.807, 2.05) is 0 Å². The molecule has 0 aromatic heterocycles. The number of aryl methyl sites for hydroxylation is 1. The molecule has 0 fully saturated rings. The Labute approximate surface area is 113 Å². The van der Waals surface area contributed by atoms with E-state index in [0.29, 0.717) is 11.5 Å². The van der Waals surface area contributed by atoms with E-state index in [-0.39, 0.29) is 0 Å². The van der Waals surface area contributed by atoms with Crippen molar-refractivity contribution in [3.8, 4) is 0 Å². The molecule has 1 heteroatoms. The van der Waals surface area contributed by atoms with Crippen molar-refractivity contribution >= 4 is 0 Å². The molecule has 0 saturated carbocycles. The van der Waals surface area contributed by atoms with Crippen molar-refractivity contribution in [1.82, 2.24) is 5.32 Å². The van der Waals surface area contributed by atoms with Gasteiger partial charge in [-0.25, -0.2) is 0 Å². The van der Waals surface area contributed by atoms with E-state index in [4.69, 9.17) is 0 Å². The largest absolute Gasteiger partial charge is 0.317 e. The van der Waals surface area contributed by atoms with Crippen molar-refractivity contribution in [3.63, 3.8) is 0 Å². The number of nitrogens with one attached hydrogen (secondary N) is 1. The van der Waals surface area contributed by atoms with Gasteiger partial charge < -0.3 is 5.32 Å². The molecule has 0 radical (unpaired) electrons. The molecule has 0 saturated heterocycles. The molecule has 0 aliphatic rings. The van der Waals surface area contributed by atoms with Gasteiger partial charge in [-0.1, -0.05) is 51.1 Å². The van der Waals surface area contributed by atoms with Crippen LogP contribution < -0.4 is 5.32 Å². The molecule has 18 heavy (non-hydrogen) atoms. The minimum atomic E-state index is 0.453. The summed E-state index contributed by atoms with van der Waals surface area (Å²) in [6, 6.07) is 11.5. The zero-order valence-electron chi connectivity index (χ0n) is 12.5. The fourth-order valence-electron chi connectivity index (χ4n) is 2.24. The summed E-state index contributed by atoms with van der Waals surface area (Å²) in [5, 5.41) is 3.46. The lowest BCUT2D eigenvalue weighted by molar-refractivity contribution is 0.327. The first kappa shape index (κ1) is 15.2. The molecule has 1 aromatic rings. The molecule has 102 valence electrons. The minimum Gasteiger partial charge on any atom is -0.317 e. The van der Waals surface area contributed by atoms with E-state index in [2.05, 4.69) is 63.5 Å². The Kier molecular flexibility index (Phi) is 6.42. The van der Waals surface area contributed by atoms with E-state index in [1.54, 1.807) is 0 Å². The summed E-state index contributed by atoms with van der Waals surface area (Å²) < 4.78 is 0. The van der Waals surface area contributed by atoms with Crippen LogP contribution in [0.4, 0.5) is 0 Å². The molecule has 1 rings (SSSR count). The average molecular weight is 247 g/mol. The summed E-state index contributed by atoms with van der Waals surface area (Å²) in [5.41, 5.74) is 1.91. The van der Waals surface area contributed by atoms with Crippen LogP contribution in [0.15, 0.2) is 30.3 Å². The second-order valence-corrected chi connectivity index (χ2v) is 6.46. The van der Waals surface area contributed by atoms with Crippen molar-refractivity contribution in [2.75, 3.05) is 7.05 Å². The Morgan fingerprint density at radius 3 is 2.28 bits per heavy atom. The van der Waals surface area contributed by atoms with Crippen molar-refractivity contribution in [2.45, 2.75) is 58.9 Å². The first-order chi connectivity index (χ1) is 8.51. The lowest BCUT2D eigenvalue weighted by atomic mass is 9.87. The van der Waals surface area contributed by atoms with Crippen LogP contribution in [0.2, 0.25) is 0 Å². The highest BCUT2D eigenvalue weighted by molar-refractivity contribution is 5.14. The van der Waals surface area contributed by atoms with Gasteiger partial charge in [-0.2, -0.15) is 0 Å². The molecule has 1 unspecified atom stereocenters. The second kappa shape index (κ2) is 7.58. The molecule has 0 aliphatic carbocycles. The van der Waals surface area contributed by atoms with Gasteiger partial charge in [0, 0.05) is 6.04 Å². The Morgan fingerprint density at radius 1 is 1.06 bits per heavy atom. The maximum atomic E-state index is 3.46. The highest BCUT2D eigenvalue weighted by Gasteiger charge is 2.13. The van der Waals surface area contributed by atoms with Gasteiger partial charge in [-0.05, 0) is 50.1 Å². The minimum absolute atomic E-state index is 0.453.